The Morgan fingerprint density at radius 1 is 1.12 bits per heavy atom. The number of benzene rings is 1. The summed E-state index contributed by atoms with van der Waals surface area (Å²) in [5.74, 6) is 0.427. The molecule has 1 aromatic heterocycles. The van der Waals surface area contributed by atoms with Gasteiger partial charge in [-0.3, -0.25) is 9.88 Å². The summed E-state index contributed by atoms with van der Waals surface area (Å²) in [6, 6.07) is 14.5. The van der Waals surface area contributed by atoms with Crippen LogP contribution >= 0.6 is 0 Å². The van der Waals surface area contributed by atoms with Gasteiger partial charge in [-0.05, 0) is 42.7 Å². The van der Waals surface area contributed by atoms with Crippen LogP contribution in [0.5, 0.6) is 0 Å². The highest BCUT2D eigenvalue weighted by Gasteiger charge is 2.24. The number of rotatable bonds is 6. The monoisotopic (exact) mass is 339 g/mol. The van der Waals surface area contributed by atoms with Crippen LogP contribution in [0.4, 0.5) is 10.5 Å². The van der Waals surface area contributed by atoms with Gasteiger partial charge in [-0.1, -0.05) is 32.0 Å². The lowest BCUT2D eigenvalue weighted by Gasteiger charge is -2.26. The number of ether oxygens (including phenoxy) is 1. The summed E-state index contributed by atoms with van der Waals surface area (Å²) in [5.41, 5.74) is 3.11. The summed E-state index contributed by atoms with van der Waals surface area (Å²) < 4.78 is 4.99. The van der Waals surface area contributed by atoms with Crippen molar-refractivity contribution in [3.63, 3.8) is 0 Å². The Kier molecular flexibility index (Phi) is 5.34. The number of hydrogen-bond acceptors (Lipinski definition) is 4. The van der Waals surface area contributed by atoms with Gasteiger partial charge in [-0.25, -0.2) is 4.79 Å². The molecule has 1 aromatic carbocycles. The topological polar surface area (TPSA) is 54.5 Å². The molecule has 1 aliphatic rings. The van der Waals surface area contributed by atoms with Crippen LogP contribution in [-0.2, 0) is 4.74 Å². The fourth-order valence-electron chi connectivity index (χ4n) is 3.12. The lowest BCUT2D eigenvalue weighted by atomic mass is 9.97. The third-order valence-corrected chi connectivity index (χ3v) is 4.57. The summed E-state index contributed by atoms with van der Waals surface area (Å²) in [6.07, 6.45) is 1.56. The molecule has 5 nitrogen and oxygen atoms in total. The van der Waals surface area contributed by atoms with Crippen molar-refractivity contribution >= 4 is 11.8 Å². The molecule has 3 rings (SSSR count). The minimum Gasteiger partial charge on any atom is -0.447 e. The Balaban J connectivity index is 1.71. The van der Waals surface area contributed by atoms with Gasteiger partial charge in [0.1, 0.15) is 6.61 Å². The second-order valence-electron chi connectivity index (χ2n) is 6.72. The fraction of sp³-hybridized carbons (Fsp3) is 0.400. The summed E-state index contributed by atoms with van der Waals surface area (Å²) in [5, 5.41) is 3.68. The van der Waals surface area contributed by atoms with E-state index in [9.17, 15) is 4.79 Å². The summed E-state index contributed by atoms with van der Waals surface area (Å²) >= 11 is 0. The van der Waals surface area contributed by atoms with Crippen molar-refractivity contribution in [3.8, 4) is 0 Å². The first-order valence-electron chi connectivity index (χ1n) is 8.77. The van der Waals surface area contributed by atoms with E-state index in [2.05, 4.69) is 49.3 Å². The molecule has 1 aliphatic heterocycles. The van der Waals surface area contributed by atoms with Crippen molar-refractivity contribution in [1.29, 1.82) is 0 Å². The molecule has 0 saturated carbocycles. The Morgan fingerprint density at radius 2 is 1.88 bits per heavy atom. The van der Waals surface area contributed by atoms with E-state index in [0.29, 0.717) is 19.1 Å². The molecule has 0 bridgehead atoms. The SMILES string of the molecule is CC(NC(c1ccccn1)C(C)C)c1ccc(N2CCOC2=O)cc1. The van der Waals surface area contributed by atoms with Gasteiger partial charge in [0.25, 0.3) is 0 Å². The summed E-state index contributed by atoms with van der Waals surface area (Å²) in [7, 11) is 0. The first kappa shape index (κ1) is 17.4. The molecule has 2 unspecified atom stereocenters. The number of aromatic nitrogens is 1. The molecule has 1 amide bonds. The number of amides is 1. The largest absolute Gasteiger partial charge is 0.447 e. The maximum absolute atomic E-state index is 11.7. The van der Waals surface area contributed by atoms with Gasteiger partial charge in [-0.2, -0.15) is 0 Å². The standard InChI is InChI=1S/C20H25N3O2/c1-14(2)19(18-6-4-5-11-21-18)22-15(3)16-7-9-17(10-8-16)23-12-13-25-20(23)24/h4-11,14-15,19,22H,12-13H2,1-3H3. The third-order valence-electron chi connectivity index (χ3n) is 4.57. The van der Waals surface area contributed by atoms with E-state index < -0.39 is 0 Å². The van der Waals surface area contributed by atoms with E-state index in [1.165, 1.54) is 5.56 Å². The highest BCUT2D eigenvalue weighted by Crippen LogP contribution is 2.26. The van der Waals surface area contributed by atoms with Gasteiger partial charge in [0, 0.05) is 17.9 Å². The van der Waals surface area contributed by atoms with Crippen LogP contribution in [0, 0.1) is 5.92 Å². The summed E-state index contributed by atoms with van der Waals surface area (Å²) in [6.45, 7) is 7.61. The van der Waals surface area contributed by atoms with Crippen LogP contribution in [0.25, 0.3) is 0 Å². The second-order valence-corrected chi connectivity index (χ2v) is 6.72. The van der Waals surface area contributed by atoms with Gasteiger partial charge >= 0.3 is 6.09 Å². The minimum absolute atomic E-state index is 0.175. The smallest absolute Gasteiger partial charge is 0.414 e. The number of hydrogen-bond donors (Lipinski definition) is 1. The lowest BCUT2D eigenvalue weighted by molar-refractivity contribution is 0.181. The lowest BCUT2D eigenvalue weighted by Crippen LogP contribution is -2.29. The van der Waals surface area contributed by atoms with Crippen LogP contribution in [0.15, 0.2) is 48.7 Å². The number of carbonyl (C=O) groups excluding carboxylic acids is 1. The van der Waals surface area contributed by atoms with E-state index in [4.69, 9.17) is 4.74 Å². The number of carbonyl (C=O) groups is 1. The Labute approximate surface area is 149 Å². The van der Waals surface area contributed by atoms with Gasteiger partial charge in [0.15, 0.2) is 0 Å². The van der Waals surface area contributed by atoms with Gasteiger partial charge in [-0.15, -0.1) is 0 Å². The van der Waals surface area contributed by atoms with Crippen molar-refractivity contribution in [2.24, 2.45) is 5.92 Å². The maximum atomic E-state index is 11.7. The van der Waals surface area contributed by atoms with E-state index in [1.807, 2.05) is 30.5 Å². The molecule has 2 aromatic rings. The van der Waals surface area contributed by atoms with Crippen molar-refractivity contribution < 1.29 is 9.53 Å². The van der Waals surface area contributed by atoms with Crippen molar-refractivity contribution in [1.82, 2.24) is 10.3 Å². The van der Waals surface area contributed by atoms with Gasteiger partial charge in [0.05, 0.1) is 18.3 Å². The molecule has 1 N–H and O–H groups in total. The predicted molar refractivity (Wildman–Crippen MR) is 98.5 cm³/mol. The van der Waals surface area contributed by atoms with Crippen molar-refractivity contribution in [3.05, 3.63) is 59.9 Å². The zero-order chi connectivity index (χ0) is 17.8. The molecule has 5 heteroatoms. The van der Waals surface area contributed by atoms with Crippen LogP contribution in [0.2, 0.25) is 0 Å². The van der Waals surface area contributed by atoms with Crippen molar-refractivity contribution in [2.45, 2.75) is 32.9 Å². The molecule has 0 radical (unpaired) electrons. The van der Waals surface area contributed by atoms with Crippen LogP contribution in [0.1, 0.15) is 44.1 Å². The Morgan fingerprint density at radius 3 is 2.44 bits per heavy atom. The first-order valence-corrected chi connectivity index (χ1v) is 8.77. The maximum Gasteiger partial charge on any atom is 0.414 e. The average Bonchev–Trinajstić information content (AvgIpc) is 3.06. The second kappa shape index (κ2) is 7.66. The van der Waals surface area contributed by atoms with Crippen LogP contribution in [-0.4, -0.2) is 24.2 Å². The van der Waals surface area contributed by atoms with E-state index in [0.717, 1.165) is 11.4 Å². The quantitative estimate of drug-likeness (QED) is 0.861. The Bertz CT molecular complexity index is 701. The fourth-order valence-corrected chi connectivity index (χ4v) is 3.12. The normalized spacial score (nSPS) is 16.8. The van der Waals surface area contributed by atoms with Gasteiger partial charge < -0.3 is 10.1 Å². The van der Waals surface area contributed by atoms with Crippen molar-refractivity contribution in [2.75, 3.05) is 18.1 Å². The number of pyridine rings is 1. The zero-order valence-electron chi connectivity index (χ0n) is 15.0. The summed E-state index contributed by atoms with van der Waals surface area (Å²) in [4.78, 5) is 17.8. The number of nitrogens with one attached hydrogen (secondary N) is 1. The third kappa shape index (κ3) is 3.99. The Hall–Kier alpha value is -2.40. The number of anilines is 1. The number of nitrogens with zero attached hydrogens (tertiary/aromatic N) is 2. The first-order chi connectivity index (χ1) is 12.1. The highest BCUT2D eigenvalue weighted by atomic mass is 16.6. The molecule has 0 aliphatic carbocycles. The highest BCUT2D eigenvalue weighted by molar-refractivity contribution is 5.89. The molecule has 2 atom stereocenters. The average molecular weight is 339 g/mol. The molecule has 1 fully saturated rings. The molecule has 0 spiro atoms. The predicted octanol–water partition coefficient (Wildman–Crippen LogP) is 4.09. The zero-order valence-corrected chi connectivity index (χ0v) is 15.0. The molecular weight excluding hydrogens is 314 g/mol. The van der Waals surface area contributed by atoms with E-state index in [1.54, 1.807) is 4.90 Å². The molecule has 1 saturated heterocycles. The van der Waals surface area contributed by atoms with Crippen LogP contribution in [0.3, 0.4) is 0 Å². The number of cyclic esters (lactones) is 1. The molecule has 132 valence electrons. The molecule has 2 heterocycles. The minimum atomic E-state index is -0.269. The van der Waals surface area contributed by atoms with Crippen LogP contribution < -0.4 is 10.2 Å². The van der Waals surface area contributed by atoms with E-state index >= 15 is 0 Å². The molecular formula is C20H25N3O2. The van der Waals surface area contributed by atoms with E-state index in [-0.39, 0.29) is 18.2 Å². The molecule has 25 heavy (non-hydrogen) atoms. The van der Waals surface area contributed by atoms with Gasteiger partial charge in [0.2, 0.25) is 0 Å².